The molecule has 168 valence electrons. The Labute approximate surface area is 182 Å². The van der Waals surface area contributed by atoms with Crippen molar-refractivity contribution >= 4 is 0 Å². The summed E-state index contributed by atoms with van der Waals surface area (Å²) >= 11 is 0. The number of halogens is 6. The van der Waals surface area contributed by atoms with Gasteiger partial charge < -0.3 is 0 Å². The van der Waals surface area contributed by atoms with E-state index in [1.807, 2.05) is 6.07 Å². The van der Waals surface area contributed by atoms with Crippen LogP contribution in [0.25, 0.3) is 11.1 Å². The zero-order chi connectivity index (χ0) is 23.0. The molecule has 4 rings (SSSR count). The lowest BCUT2D eigenvalue weighted by molar-refractivity contribution is 0.447. The lowest BCUT2D eigenvalue weighted by Gasteiger charge is -2.27. The van der Waals surface area contributed by atoms with Gasteiger partial charge in [-0.3, -0.25) is 0 Å². The van der Waals surface area contributed by atoms with Gasteiger partial charge in [0.15, 0.2) is 17.5 Å². The van der Waals surface area contributed by atoms with Gasteiger partial charge in [-0.1, -0.05) is 25.5 Å². The number of rotatable bonds is 5. The second-order valence-corrected chi connectivity index (χ2v) is 8.34. The molecule has 6 heteroatoms. The molecule has 0 saturated heterocycles. The van der Waals surface area contributed by atoms with Crippen LogP contribution >= 0.6 is 0 Å². The fourth-order valence-electron chi connectivity index (χ4n) is 4.52. The molecule has 32 heavy (non-hydrogen) atoms. The van der Waals surface area contributed by atoms with Gasteiger partial charge in [0, 0.05) is 0 Å². The molecule has 0 nitrogen and oxygen atoms in total. The molecule has 0 spiro atoms. The molecule has 1 unspecified atom stereocenters. The zero-order valence-corrected chi connectivity index (χ0v) is 17.6. The van der Waals surface area contributed by atoms with Crippen LogP contribution < -0.4 is 0 Å². The first-order chi connectivity index (χ1) is 15.3. The number of hydrogen-bond donors (Lipinski definition) is 0. The Hall–Kier alpha value is -2.76. The second kappa shape index (κ2) is 9.00. The number of aryl methyl sites for hydroxylation is 1. The average Bonchev–Trinajstić information content (AvgIpc) is 2.75. The van der Waals surface area contributed by atoms with Crippen LogP contribution in [0.1, 0.15) is 54.4 Å². The standard InChI is InChI=1S/C26H22F6/c1-2-3-4-14-5-7-18(20(27)9-14)15-6-8-19-16(10-15)11-21(28)24(25(19)31)17-12-22(29)26(32)23(30)13-17/h5,7,9,11-13,15H,2-4,6,8,10H2,1H3. The summed E-state index contributed by atoms with van der Waals surface area (Å²) in [7, 11) is 0. The Bertz CT molecular complexity index is 1140. The lowest BCUT2D eigenvalue weighted by atomic mass is 9.78. The van der Waals surface area contributed by atoms with Crippen molar-refractivity contribution in [3.63, 3.8) is 0 Å². The van der Waals surface area contributed by atoms with Crippen molar-refractivity contribution in [2.45, 2.75) is 51.4 Å². The van der Waals surface area contributed by atoms with Gasteiger partial charge in [-0.2, -0.15) is 0 Å². The van der Waals surface area contributed by atoms with Crippen molar-refractivity contribution in [3.05, 3.63) is 93.6 Å². The summed E-state index contributed by atoms with van der Waals surface area (Å²) in [4.78, 5) is 0. The minimum Gasteiger partial charge on any atom is -0.207 e. The van der Waals surface area contributed by atoms with E-state index in [0.717, 1.165) is 30.9 Å². The average molecular weight is 448 g/mol. The Morgan fingerprint density at radius 1 is 0.812 bits per heavy atom. The van der Waals surface area contributed by atoms with E-state index in [0.29, 0.717) is 29.7 Å². The monoisotopic (exact) mass is 448 g/mol. The lowest BCUT2D eigenvalue weighted by Crippen LogP contribution is -2.17. The van der Waals surface area contributed by atoms with E-state index < -0.39 is 40.2 Å². The van der Waals surface area contributed by atoms with Crippen molar-refractivity contribution in [2.24, 2.45) is 0 Å². The Balaban J connectivity index is 1.66. The highest BCUT2D eigenvalue weighted by atomic mass is 19.2. The fourth-order valence-corrected chi connectivity index (χ4v) is 4.52. The predicted molar refractivity (Wildman–Crippen MR) is 111 cm³/mol. The summed E-state index contributed by atoms with van der Waals surface area (Å²) in [6.07, 6.45) is 3.71. The predicted octanol–water partition coefficient (Wildman–Crippen LogP) is 7.80. The largest absolute Gasteiger partial charge is 0.207 e. The van der Waals surface area contributed by atoms with Crippen LogP contribution in [-0.4, -0.2) is 0 Å². The number of unbranched alkanes of at least 4 members (excludes halogenated alkanes) is 1. The summed E-state index contributed by atoms with van der Waals surface area (Å²) in [5, 5.41) is 0. The van der Waals surface area contributed by atoms with E-state index in [1.165, 1.54) is 6.07 Å². The molecule has 0 radical (unpaired) electrons. The quantitative estimate of drug-likeness (QED) is 0.276. The van der Waals surface area contributed by atoms with Gasteiger partial charge in [0.05, 0.1) is 5.56 Å². The Morgan fingerprint density at radius 2 is 1.53 bits per heavy atom. The van der Waals surface area contributed by atoms with Gasteiger partial charge in [0.2, 0.25) is 0 Å². The molecule has 0 bridgehead atoms. The van der Waals surface area contributed by atoms with Gasteiger partial charge in [-0.25, -0.2) is 26.3 Å². The van der Waals surface area contributed by atoms with E-state index in [1.54, 1.807) is 6.07 Å². The molecule has 0 heterocycles. The third kappa shape index (κ3) is 4.15. The van der Waals surface area contributed by atoms with Crippen LogP contribution in [0, 0.1) is 34.9 Å². The first kappa shape index (κ1) is 22.4. The van der Waals surface area contributed by atoms with Crippen molar-refractivity contribution in [1.82, 2.24) is 0 Å². The fraction of sp³-hybridized carbons (Fsp3) is 0.308. The van der Waals surface area contributed by atoms with Gasteiger partial charge >= 0.3 is 0 Å². The highest BCUT2D eigenvalue weighted by Crippen LogP contribution is 2.39. The SMILES string of the molecule is CCCCc1ccc(C2CCc3c(cc(F)c(-c4cc(F)c(F)c(F)c4)c3F)C2)c(F)c1. The Morgan fingerprint density at radius 3 is 2.19 bits per heavy atom. The molecule has 1 aliphatic carbocycles. The first-order valence-corrected chi connectivity index (χ1v) is 10.7. The van der Waals surface area contributed by atoms with Crippen molar-refractivity contribution in [3.8, 4) is 11.1 Å². The summed E-state index contributed by atoms with van der Waals surface area (Å²) in [6, 6.07) is 7.46. The van der Waals surface area contributed by atoms with Crippen molar-refractivity contribution < 1.29 is 26.3 Å². The molecule has 1 atom stereocenters. The van der Waals surface area contributed by atoms with E-state index in [-0.39, 0.29) is 30.1 Å². The van der Waals surface area contributed by atoms with E-state index >= 15 is 4.39 Å². The maximum Gasteiger partial charge on any atom is 0.194 e. The summed E-state index contributed by atoms with van der Waals surface area (Å²) in [5.74, 6) is -7.20. The Kier molecular flexibility index (Phi) is 6.31. The molecule has 0 fully saturated rings. The number of fused-ring (bicyclic) bond motifs is 1. The van der Waals surface area contributed by atoms with Gasteiger partial charge in [-0.05, 0) is 90.1 Å². The van der Waals surface area contributed by atoms with Crippen molar-refractivity contribution in [2.75, 3.05) is 0 Å². The van der Waals surface area contributed by atoms with Crippen LogP contribution in [0.5, 0.6) is 0 Å². The van der Waals surface area contributed by atoms with Gasteiger partial charge in [0.25, 0.3) is 0 Å². The topological polar surface area (TPSA) is 0 Å². The highest BCUT2D eigenvalue weighted by molar-refractivity contribution is 5.67. The van der Waals surface area contributed by atoms with Gasteiger partial charge in [-0.15, -0.1) is 0 Å². The zero-order valence-electron chi connectivity index (χ0n) is 17.6. The van der Waals surface area contributed by atoms with E-state index in [9.17, 15) is 22.0 Å². The van der Waals surface area contributed by atoms with E-state index in [2.05, 4.69) is 6.92 Å². The van der Waals surface area contributed by atoms with Crippen LogP contribution in [0.3, 0.4) is 0 Å². The van der Waals surface area contributed by atoms with Crippen molar-refractivity contribution in [1.29, 1.82) is 0 Å². The third-order valence-electron chi connectivity index (χ3n) is 6.22. The smallest absolute Gasteiger partial charge is 0.194 e. The first-order valence-electron chi connectivity index (χ1n) is 10.7. The van der Waals surface area contributed by atoms with Crippen LogP contribution in [0.4, 0.5) is 26.3 Å². The molecule has 0 amide bonds. The van der Waals surface area contributed by atoms with Crippen LogP contribution in [0.15, 0.2) is 36.4 Å². The summed E-state index contributed by atoms with van der Waals surface area (Å²) < 4.78 is 85.2. The molecule has 3 aromatic rings. The molecular weight excluding hydrogens is 426 g/mol. The molecule has 0 aromatic heterocycles. The molecular formula is C26H22F6. The molecule has 1 aliphatic rings. The summed E-state index contributed by atoms with van der Waals surface area (Å²) in [6.45, 7) is 2.07. The number of hydrogen-bond acceptors (Lipinski definition) is 0. The second-order valence-electron chi connectivity index (χ2n) is 8.34. The molecule has 3 aromatic carbocycles. The highest BCUT2D eigenvalue weighted by Gasteiger charge is 2.28. The van der Waals surface area contributed by atoms with Crippen LogP contribution in [0.2, 0.25) is 0 Å². The van der Waals surface area contributed by atoms with Gasteiger partial charge in [0.1, 0.15) is 17.5 Å². The van der Waals surface area contributed by atoms with E-state index in [4.69, 9.17) is 0 Å². The minimum absolute atomic E-state index is 0.225. The number of benzene rings is 3. The molecule has 0 aliphatic heterocycles. The third-order valence-corrected chi connectivity index (χ3v) is 6.22. The summed E-state index contributed by atoms with van der Waals surface area (Å²) in [5.41, 5.74) is 1.08. The maximum atomic E-state index is 15.2. The molecule has 0 saturated carbocycles. The van der Waals surface area contributed by atoms with Crippen LogP contribution in [-0.2, 0) is 19.3 Å². The molecule has 0 N–H and O–H groups in total. The maximum absolute atomic E-state index is 15.2. The minimum atomic E-state index is -1.70. The normalized spacial score (nSPS) is 15.7.